The zero-order chi connectivity index (χ0) is 12.6. The Labute approximate surface area is 107 Å². The van der Waals surface area contributed by atoms with Crippen LogP contribution in [0.3, 0.4) is 0 Å². The molecule has 2 aliphatic rings. The lowest BCUT2D eigenvalue weighted by atomic mass is 9.82. The Morgan fingerprint density at radius 3 is 2.83 bits per heavy atom. The van der Waals surface area contributed by atoms with E-state index in [-0.39, 0.29) is 5.82 Å². The van der Waals surface area contributed by atoms with Crippen molar-refractivity contribution in [2.45, 2.75) is 43.7 Å². The average molecular weight is 249 g/mol. The molecule has 2 saturated heterocycles. The van der Waals surface area contributed by atoms with Crippen LogP contribution < -0.4 is 0 Å². The molecule has 0 aliphatic carbocycles. The fourth-order valence-electron chi connectivity index (χ4n) is 3.46. The van der Waals surface area contributed by atoms with Gasteiger partial charge < -0.3 is 10.0 Å². The first kappa shape index (κ1) is 12.1. The van der Waals surface area contributed by atoms with Crippen LogP contribution in [-0.2, 0) is 6.42 Å². The van der Waals surface area contributed by atoms with Crippen LogP contribution in [0.1, 0.15) is 31.2 Å². The van der Waals surface area contributed by atoms with Crippen LogP contribution in [0.25, 0.3) is 0 Å². The van der Waals surface area contributed by atoms with E-state index in [0.717, 1.165) is 24.9 Å². The molecule has 1 aromatic rings. The quantitative estimate of drug-likeness (QED) is 0.869. The standard InChI is InChI=1S/C15H20FNO/c16-13-5-3-12(4-6-13)10-15(18)7-9-17-8-1-2-14(17)11-15/h3-6,14,18H,1-2,7-11H2. The van der Waals surface area contributed by atoms with E-state index in [0.29, 0.717) is 12.5 Å². The second-order valence-electron chi connectivity index (χ2n) is 5.81. The predicted molar refractivity (Wildman–Crippen MR) is 68.9 cm³/mol. The first-order valence-electron chi connectivity index (χ1n) is 6.86. The van der Waals surface area contributed by atoms with Crippen molar-refractivity contribution in [2.75, 3.05) is 13.1 Å². The van der Waals surface area contributed by atoms with Crippen molar-refractivity contribution < 1.29 is 9.50 Å². The van der Waals surface area contributed by atoms with Crippen molar-refractivity contribution in [2.24, 2.45) is 0 Å². The molecule has 0 spiro atoms. The molecule has 98 valence electrons. The molecule has 1 N–H and O–H groups in total. The molecule has 3 heteroatoms. The zero-order valence-electron chi connectivity index (χ0n) is 10.6. The van der Waals surface area contributed by atoms with E-state index in [1.807, 2.05) is 0 Å². The van der Waals surface area contributed by atoms with E-state index < -0.39 is 5.60 Å². The van der Waals surface area contributed by atoms with Crippen molar-refractivity contribution in [3.8, 4) is 0 Å². The Morgan fingerprint density at radius 2 is 2.06 bits per heavy atom. The summed E-state index contributed by atoms with van der Waals surface area (Å²) in [5.74, 6) is -0.212. The Balaban J connectivity index is 1.69. The minimum atomic E-state index is -0.594. The summed E-state index contributed by atoms with van der Waals surface area (Å²) >= 11 is 0. The summed E-state index contributed by atoms with van der Waals surface area (Å²) in [5.41, 5.74) is 0.439. The monoisotopic (exact) mass is 249 g/mol. The molecule has 18 heavy (non-hydrogen) atoms. The summed E-state index contributed by atoms with van der Waals surface area (Å²) in [6, 6.07) is 7.08. The van der Waals surface area contributed by atoms with Gasteiger partial charge in [0, 0.05) is 19.0 Å². The number of hydrogen-bond acceptors (Lipinski definition) is 2. The molecule has 0 bridgehead atoms. The molecule has 0 radical (unpaired) electrons. The SMILES string of the molecule is OC1(Cc2ccc(F)cc2)CCN2CCCC2C1. The maximum Gasteiger partial charge on any atom is 0.123 e. The Morgan fingerprint density at radius 1 is 1.28 bits per heavy atom. The van der Waals surface area contributed by atoms with E-state index in [9.17, 15) is 9.50 Å². The highest BCUT2D eigenvalue weighted by Gasteiger charge is 2.39. The summed E-state index contributed by atoms with van der Waals surface area (Å²) in [7, 11) is 0. The zero-order valence-corrected chi connectivity index (χ0v) is 10.6. The molecule has 0 aromatic heterocycles. The van der Waals surface area contributed by atoms with Gasteiger partial charge in [0.15, 0.2) is 0 Å². The first-order valence-corrected chi connectivity index (χ1v) is 6.86. The summed E-state index contributed by atoms with van der Waals surface area (Å²) in [4.78, 5) is 2.50. The molecule has 2 fully saturated rings. The van der Waals surface area contributed by atoms with Gasteiger partial charge in [-0.05, 0) is 49.9 Å². The molecule has 2 nitrogen and oxygen atoms in total. The van der Waals surface area contributed by atoms with Gasteiger partial charge >= 0.3 is 0 Å². The summed E-state index contributed by atoms with van der Waals surface area (Å²) < 4.78 is 12.9. The van der Waals surface area contributed by atoms with Gasteiger partial charge in [-0.3, -0.25) is 0 Å². The van der Waals surface area contributed by atoms with Crippen LogP contribution in [0.4, 0.5) is 4.39 Å². The van der Waals surface area contributed by atoms with Crippen LogP contribution in [0.5, 0.6) is 0 Å². The van der Waals surface area contributed by atoms with Gasteiger partial charge in [-0.25, -0.2) is 4.39 Å². The van der Waals surface area contributed by atoms with Gasteiger partial charge in [-0.2, -0.15) is 0 Å². The molecular formula is C15H20FNO. The van der Waals surface area contributed by atoms with Crippen LogP contribution >= 0.6 is 0 Å². The number of piperidine rings is 1. The molecule has 1 aromatic carbocycles. The van der Waals surface area contributed by atoms with E-state index >= 15 is 0 Å². The third-order valence-corrected chi connectivity index (χ3v) is 4.43. The number of fused-ring (bicyclic) bond motifs is 1. The third-order valence-electron chi connectivity index (χ3n) is 4.43. The molecule has 2 aliphatic heterocycles. The Bertz CT molecular complexity index is 419. The van der Waals surface area contributed by atoms with E-state index in [4.69, 9.17) is 0 Å². The van der Waals surface area contributed by atoms with Crippen molar-refractivity contribution >= 4 is 0 Å². The van der Waals surface area contributed by atoms with Gasteiger partial charge in [0.05, 0.1) is 5.60 Å². The van der Waals surface area contributed by atoms with Gasteiger partial charge in [-0.15, -0.1) is 0 Å². The normalized spacial score (nSPS) is 32.4. The third kappa shape index (κ3) is 2.43. The number of halogens is 1. The van der Waals surface area contributed by atoms with Gasteiger partial charge in [0.25, 0.3) is 0 Å². The fourth-order valence-corrected chi connectivity index (χ4v) is 3.46. The van der Waals surface area contributed by atoms with Gasteiger partial charge in [0.2, 0.25) is 0 Å². The fraction of sp³-hybridized carbons (Fsp3) is 0.600. The number of nitrogens with zero attached hydrogens (tertiary/aromatic N) is 1. The van der Waals surface area contributed by atoms with Crippen LogP contribution in [0.2, 0.25) is 0 Å². The molecular weight excluding hydrogens is 229 g/mol. The lowest BCUT2D eigenvalue weighted by molar-refractivity contribution is -0.0354. The lowest BCUT2D eigenvalue weighted by Gasteiger charge is -2.41. The molecule has 2 heterocycles. The molecule has 0 saturated carbocycles. The molecule has 3 rings (SSSR count). The smallest absolute Gasteiger partial charge is 0.123 e. The van der Waals surface area contributed by atoms with Crippen molar-refractivity contribution in [3.63, 3.8) is 0 Å². The van der Waals surface area contributed by atoms with Crippen LogP contribution in [-0.4, -0.2) is 34.7 Å². The minimum Gasteiger partial charge on any atom is -0.389 e. The topological polar surface area (TPSA) is 23.5 Å². The maximum atomic E-state index is 12.9. The van der Waals surface area contributed by atoms with Gasteiger partial charge in [-0.1, -0.05) is 12.1 Å². The molecule has 2 atom stereocenters. The van der Waals surface area contributed by atoms with E-state index in [1.165, 1.54) is 31.5 Å². The molecule has 2 unspecified atom stereocenters. The summed E-state index contributed by atoms with van der Waals surface area (Å²) in [6.07, 6.45) is 4.83. The van der Waals surface area contributed by atoms with Crippen LogP contribution in [0.15, 0.2) is 24.3 Å². The largest absolute Gasteiger partial charge is 0.389 e. The predicted octanol–water partition coefficient (Wildman–Crippen LogP) is 2.36. The second kappa shape index (κ2) is 4.63. The Hall–Kier alpha value is -0.930. The Kier molecular flexibility index (Phi) is 3.12. The van der Waals surface area contributed by atoms with Crippen LogP contribution in [0, 0.1) is 5.82 Å². The molecule has 0 amide bonds. The minimum absolute atomic E-state index is 0.212. The van der Waals surface area contributed by atoms with E-state index in [1.54, 1.807) is 12.1 Å². The van der Waals surface area contributed by atoms with Gasteiger partial charge in [0.1, 0.15) is 5.82 Å². The maximum absolute atomic E-state index is 12.9. The lowest BCUT2D eigenvalue weighted by Crippen LogP contribution is -2.48. The second-order valence-corrected chi connectivity index (χ2v) is 5.81. The number of hydrogen-bond donors (Lipinski definition) is 1. The van der Waals surface area contributed by atoms with Crippen molar-refractivity contribution in [3.05, 3.63) is 35.6 Å². The summed E-state index contributed by atoms with van der Waals surface area (Å²) in [5, 5.41) is 10.7. The average Bonchev–Trinajstić information content (AvgIpc) is 2.79. The van der Waals surface area contributed by atoms with Crippen molar-refractivity contribution in [1.29, 1.82) is 0 Å². The highest BCUT2D eigenvalue weighted by atomic mass is 19.1. The first-order chi connectivity index (χ1) is 8.65. The number of benzene rings is 1. The highest BCUT2D eigenvalue weighted by Crippen LogP contribution is 2.35. The van der Waals surface area contributed by atoms with E-state index in [2.05, 4.69) is 4.90 Å². The number of aliphatic hydroxyl groups is 1. The summed E-state index contributed by atoms with van der Waals surface area (Å²) in [6.45, 7) is 2.19. The van der Waals surface area contributed by atoms with Crippen molar-refractivity contribution in [1.82, 2.24) is 4.90 Å². The number of rotatable bonds is 2. The highest BCUT2D eigenvalue weighted by molar-refractivity contribution is 5.19.